The van der Waals surface area contributed by atoms with Crippen molar-refractivity contribution in [2.75, 3.05) is 31.2 Å². The average Bonchev–Trinajstić information content (AvgIpc) is 2.81. The summed E-state index contributed by atoms with van der Waals surface area (Å²) < 4.78 is 5.56. The predicted molar refractivity (Wildman–Crippen MR) is 144 cm³/mol. The van der Waals surface area contributed by atoms with Crippen LogP contribution >= 0.6 is 11.8 Å². The van der Waals surface area contributed by atoms with Gasteiger partial charge in [0.1, 0.15) is 0 Å². The Labute approximate surface area is 204 Å². The van der Waals surface area contributed by atoms with Crippen molar-refractivity contribution in [3.8, 4) is 0 Å². The van der Waals surface area contributed by atoms with Crippen molar-refractivity contribution in [3.63, 3.8) is 0 Å². The summed E-state index contributed by atoms with van der Waals surface area (Å²) in [6, 6.07) is 4.65. The zero-order valence-corrected chi connectivity index (χ0v) is 22.2. The molecule has 1 amide bonds. The summed E-state index contributed by atoms with van der Waals surface area (Å²) in [6.07, 6.45) is 6.03. The SMILES string of the molecule is C/C=C\SC(=N/C(=C\C)CNC(=O)c1cc(C)cc(N(CC)C2CCOCC2)c1C)C(C)C. The van der Waals surface area contributed by atoms with Crippen molar-refractivity contribution in [2.24, 2.45) is 10.9 Å². The highest BCUT2D eigenvalue weighted by Crippen LogP contribution is 2.29. The third kappa shape index (κ3) is 7.75. The predicted octanol–water partition coefficient (Wildman–Crippen LogP) is 6.26. The van der Waals surface area contributed by atoms with Crippen molar-refractivity contribution in [2.45, 2.75) is 67.3 Å². The van der Waals surface area contributed by atoms with E-state index in [0.29, 0.717) is 18.5 Å². The molecule has 6 heteroatoms. The van der Waals surface area contributed by atoms with E-state index < -0.39 is 0 Å². The van der Waals surface area contributed by atoms with Gasteiger partial charge >= 0.3 is 0 Å². The Morgan fingerprint density at radius 2 is 1.97 bits per heavy atom. The van der Waals surface area contributed by atoms with Crippen LogP contribution in [0.25, 0.3) is 0 Å². The smallest absolute Gasteiger partial charge is 0.251 e. The number of carbonyl (C=O) groups is 1. The van der Waals surface area contributed by atoms with Crippen LogP contribution in [-0.2, 0) is 4.74 Å². The van der Waals surface area contributed by atoms with Crippen LogP contribution < -0.4 is 10.2 Å². The van der Waals surface area contributed by atoms with E-state index in [2.05, 4.69) is 50.9 Å². The standard InChI is InChI=1S/C27H41N3O2S/c1-8-15-33-27(19(4)5)29-22(9-2)18-28-26(31)24-16-20(6)17-25(21(24)7)30(10-3)23-11-13-32-14-12-23/h8-9,15-17,19,23H,10-14,18H2,1-7H3,(H,28,31)/b15-8-,22-9-,29-27?. The highest BCUT2D eigenvalue weighted by Gasteiger charge is 2.24. The van der Waals surface area contributed by atoms with Crippen molar-refractivity contribution >= 4 is 28.4 Å². The second kappa shape index (κ2) is 13.6. The van der Waals surface area contributed by atoms with Gasteiger partial charge in [-0.25, -0.2) is 4.99 Å². The molecular weight excluding hydrogens is 430 g/mol. The molecule has 0 aliphatic carbocycles. The van der Waals surface area contributed by atoms with E-state index in [9.17, 15) is 4.79 Å². The minimum Gasteiger partial charge on any atom is -0.381 e. The first kappa shape index (κ1) is 27.2. The molecule has 0 atom stereocenters. The number of nitrogens with zero attached hydrogens (tertiary/aromatic N) is 2. The van der Waals surface area contributed by atoms with Gasteiger partial charge in [0.05, 0.1) is 17.3 Å². The van der Waals surface area contributed by atoms with Gasteiger partial charge in [0.2, 0.25) is 0 Å². The number of aryl methyl sites for hydroxylation is 1. The van der Waals surface area contributed by atoms with Gasteiger partial charge in [-0.1, -0.05) is 37.8 Å². The number of hydrogen-bond acceptors (Lipinski definition) is 5. The number of carbonyl (C=O) groups excluding carboxylic acids is 1. The molecule has 0 radical (unpaired) electrons. The number of hydrogen-bond donors (Lipinski definition) is 1. The maximum Gasteiger partial charge on any atom is 0.251 e. The fraction of sp³-hybridized carbons (Fsp3) is 0.556. The number of ether oxygens (including phenoxy) is 1. The number of benzene rings is 1. The minimum atomic E-state index is -0.0535. The van der Waals surface area contributed by atoms with Crippen molar-refractivity contribution in [1.82, 2.24) is 5.32 Å². The van der Waals surface area contributed by atoms with Crippen molar-refractivity contribution in [3.05, 3.63) is 52.1 Å². The Morgan fingerprint density at radius 3 is 2.55 bits per heavy atom. The van der Waals surface area contributed by atoms with Gasteiger partial charge < -0.3 is 15.0 Å². The molecule has 0 unspecified atom stereocenters. The lowest BCUT2D eigenvalue weighted by molar-refractivity contribution is 0.0846. The molecule has 1 aliphatic heterocycles. The van der Waals surface area contributed by atoms with Crippen molar-refractivity contribution < 1.29 is 9.53 Å². The Morgan fingerprint density at radius 1 is 1.27 bits per heavy atom. The molecule has 0 saturated carbocycles. The Kier molecular flexibility index (Phi) is 11.2. The minimum absolute atomic E-state index is 0.0535. The molecule has 1 saturated heterocycles. The van der Waals surface area contributed by atoms with Gasteiger partial charge in [-0.3, -0.25) is 4.79 Å². The number of nitrogens with one attached hydrogen (secondary N) is 1. The average molecular weight is 472 g/mol. The number of thioether (sulfide) groups is 1. The summed E-state index contributed by atoms with van der Waals surface area (Å²) in [4.78, 5) is 20.5. The number of allylic oxidation sites excluding steroid dienone is 2. The van der Waals surface area contributed by atoms with Gasteiger partial charge in [0, 0.05) is 43.0 Å². The third-order valence-electron chi connectivity index (χ3n) is 5.89. The molecule has 1 aliphatic rings. The quantitative estimate of drug-likeness (QED) is 0.341. The van der Waals surface area contributed by atoms with Crippen LogP contribution in [0.3, 0.4) is 0 Å². The van der Waals surface area contributed by atoms with Gasteiger partial charge in [-0.2, -0.15) is 0 Å². The topological polar surface area (TPSA) is 53.9 Å². The maximum atomic E-state index is 13.2. The summed E-state index contributed by atoms with van der Waals surface area (Å²) in [6.45, 7) is 17.5. The molecule has 1 N–H and O–H groups in total. The molecule has 0 bridgehead atoms. The number of aliphatic imine (C=N–C) groups is 1. The van der Waals surface area contributed by atoms with Crippen LogP contribution in [0.4, 0.5) is 5.69 Å². The summed E-state index contributed by atoms with van der Waals surface area (Å²) in [7, 11) is 0. The fourth-order valence-electron chi connectivity index (χ4n) is 4.04. The normalized spacial score (nSPS) is 16.0. The van der Waals surface area contributed by atoms with Gasteiger partial charge in [-0.05, 0) is 76.1 Å². The highest BCUT2D eigenvalue weighted by molar-refractivity contribution is 8.16. The molecule has 0 aromatic heterocycles. The van der Waals surface area contributed by atoms with Crippen LogP contribution in [0.15, 0.2) is 40.4 Å². The van der Waals surface area contributed by atoms with E-state index >= 15 is 0 Å². The van der Waals surface area contributed by atoms with Gasteiger partial charge in [-0.15, -0.1) is 0 Å². The van der Waals surface area contributed by atoms with Crippen LogP contribution in [0.2, 0.25) is 0 Å². The molecule has 1 fully saturated rings. The number of anilines is 1. The number of amides is 1. The van der Waals surface area contributed by atoms with E-state index in [4.69, 9.17) is 9.73 Å². The first-order chi connectivity index (χ1) is 15.8. The summed E-state index contributed by atoms with van der Waals surface area (Å²) in [5.41, 5.74) is 4.89. The fourth-order valence-corrected chi connectivity index (χ4v) is 4.76. The second-order valence-electron chi connectivity index (χ2n) is 8.74. The molecular formula is C27H41N3O2S. The van der Waals surface area contributed by atoms with E-state index in [1.807, 2.05) is 37.5 Å². The Bertz CT molecular complexity index is 884. The van der Waals surface area contributed by atoms with Crippen LogP contribution in [0, 0.1) is 19.8 Å². The van der Waals surface area contributed by atoms with Crippen molar-refractivity contribution in [1.29, 1.82) is 0 Å². The first-order valence-corrected chi connectivity index (χ1v) is 13.0. The Hall–Kier alpha value is -2.05. The molecule has 33 heavy (non-hydrogen) atoms. The Balaban J connectivity index is 2.22. The summed E-state index contributed by atoms with van der Waals surface area (Å²) in [5.74, 6) is 0.269. The van der Waals surface area contributed by atoms with Gasteiger partial charge in [0.25, 0.3) is 5.91 Å². The molecule has 0 spiro atoms. The zero-order chi connectivity index (χ0) is 24.4. The van der Waals surface area contributed by atoms with Crippen LogP contribution in [0.5, 0.6) is 0 Å². The lowest BCUT2D eigenvalue weighted by Gasteiger charge is -2.36. The zero-order valence-electron chi connectivity index (χ0n) is 21.4. The van der Waals surface area contributed by atoms with E-state index in [0.717, 1.165) is 65.7 Å². The first-order valence-electron chi connectivity index (χ1n) is 12.1. The molecule has 182 valence electrons. The molecule has 1 aromatic carbocycles. The highest BCUT2D eigenvalue weighted by atomic mass is 32.2. The van der Waals surface area contributed by atoms with E-state index in [-0.39, 0.29) is 5.91 Å². The molecule has 1 aromatic rings. The number of rotatable bonds is 9. The monoisotopic (exact) mass is 471 g/mol. The maximum absolute atomic E-state index is 13.2. The third-order valence-corrected chi connectivity index (χ3v) is 7.10. The molecule has 5 nitrogen and oxygen atoms in total. The van der Waals surface area contributed by atoms with E-state index in [1.165, 1.54) is 0 Å². The van der Waals surface area contributed by atoms with Crippen LogP contribution in [0.1, 0.15) is 68.9 Å². The molecule has 2 rings (SSSR count). The second-order valence-corrected chi connectivity index (χ2v) is 9.67. The summed E-state index contributed by atoms with van der Waals surface area (Å²) in [5, 5.41) is 6.19. The molecule has 1 heterocycles. The summed E-state index contributed by atoms with van der Waals surface area (Å²) >= 11 is 1.63. The van der Waals surface area contributed by atoms with Gasteiger partial charge in [0.15, 0.2) is 0 Å². The van der Waals surface area contributed by atoms with Crippen LogP contribution in [-0.4, -0.2) is 43.3 Å². The van der Waals surface area contributed by atoms with E-state index in [1.54, 1.807) is 11.8 Å². The lowest BCUT2D eigenvalue weighted by atomic mass is 9.98. The lowest BCUT2D eigenvalue weighted by Crippen LogP contribution is -2.40. The largest absolute Gasteiger partial charge is 0.381 e.